The number of rotatable bonds is 5. The van der Waals surface area contributed by atoms with E-state index in [1.165, 1.54) is 51.1 Å². The first-order valence-electron chi connectivity index (χ1n) is 10.8. The lowest BCUT2D eigenvalue weighted by Gasteiger charge is -2.37. The Morgan fingerprint density at radius 3 is 2.29 bits per heavy atom. The molecule has 28 heavy (non-hydrogen) atoms. The Morgan fingerprint density at radius 1 is 0.929 bits per heavy atom. The zero-order valence-corrected chi connectivity index (χ0v) is 17.3. The molecule has 0 radical (unpaired) electrons. The molecule has 2 aromatic rings. The van der Waals surface area contributed by atoms with Crippen LogP contribution in [0.15, 0.2) is 29.3 Å². The SMILES string of the molecule is CC(C)n1cnc2cc(N3CCN(CCN4CCCCC4)CC3)ccc2c1=O. The normalized spacial score (nSPS) is 19.6. The number of likely N-dealkylation sites (tertiary alicyclic amines) is 1. The molecular weight excluding hydrogens is 350 g/mol. The molecule has 0 spiro atoms. The van der Waals surface area contributed by atoms with Crippen molar-refractivity contribution in [2.45, 2.75) is 39.2 Å². The van der Waals surface area contributed by atoms with Crippen LogP contribution in [0.25, 0.3) is 10.9 Å². The summed E-state index contributed by atoms with van der Waals surface area (Å²) in [6, 6.07) is 6.23. The van der Waals surface area contributed by atoms with Gasteiger partial charge in [-0.3, -0.25) is 14.3 Å². The smallest absolute Gasteiger partial charge is 0.261 e. The predicted molar refractivity (Wildman–Crippen MR) is 115 cm³/mol. The molecule has 6 heteroatoms. The summed E-state index contributed by atoms with van der Waals surface area (Å²) in [5.74, 6) is 0. The Kier molecular flexibility index (Phi) is 5.97. The quantitative estimate of drug-likeness (QED) is 0.794. The second-order valence-corrected chi connectivity index (χ2v) is 8.48. The summed E-state index contributed by atoms with van der Waals surface area (Å²) in [6.45, 7) is 13.3. The molecule has 2 aliphatic heterocycles. The highest BCUT2D eigenvalue weighted by molar-refractivity contribution is 5.81. The van der Waals surface area contributed by atoms with Gasteiger partial charge in [-0.1, -0.05) is 6.42 Å². The van der Waals surface area contributed by atoms with E-state index in [1.54, 1.807) is 10.9 Å². The fourth-order valence-electron chi connectivity index (χ4n) is 4.38. The molecular formula is C22H33N5O. The molecule has 0 unspecified atom stereocenters. The number of aromatic nitrogens is 2. The molecule has 6 nitrogen and oxygen atoms in total. The van der Waals surface area contributed by atoms with Gasteiger partial charge in [0, 0.05) is 51.0 Å². The Morgan fingerprint density at radius 2 is 1.61 bits per heavy atom. The molecule has 2 saturated heterocycles. The number of anilines is 1. The summed E-state index contributed by atoms with van der Waals surface area (Å²) in [4.78, 5) is 24.8. The van der Waals surface area contributed by atoms with Crippen molar-refractivity contribution in [1.29, 1.82) is 0 Å². The highest BCUT2D eigenvalue weighted by Gasteiger charge is 2.19. The van der Waals surface area contributed by atoms with Crippen molar-refractivity contribution < 1.29 is 0 Å². The predicted octanol–water partition coefficient (Wildman–Crippen LogP) is 2.59. The van der Waals surface area contributed by atoms with E-state index in [-0.39, 0.29) is 11.6 Å². The van der Waals surface area contributed by atoms with E-state index in [4.69, 9.17) is 0 Å². The molecule has 0 amide bonds. The summed E-state index contributed by atoms with van der Waals surface area (Å²) < 4.78 is 1.70. The van der Waals surface area contributed by atoms with Crippen LogP contribution >= 0.6 is 0 Å². The summed E-state index contributed by atoms with van der Waals surface area (Å²) in [5, 5.41) is 0.708. The van der Waals surface area contributed by atoms with Crippen LogP contribution in [0.5, 0.6) is 0 Å². The molecule has 3 heterocycles. The van der Waals surface area contributed by atoms with Gasteiger partial charge in [0.1, 0.15) is 0 Å². The van der Waals surface area contributed by atoms with Crippen LogP contribution in [0.1, 0.15) is 39.2 Å². The van der Waals surface area contributed by atoms with Gasteiger partial charge in [-0.15, -0.1) is 0 Å². The van der Waals surface area contributed by atoms with Crippen LogP contribution in [0, 0.1) is 0 Å². The summed E-state index contributed by atoms with van der Waals surface area (Å²) >= 11 is 0. The fourth-order valence-corrected chi connectivity index (χ4v) is 4.38. The average Bonchev–Trinajstić information content (AvgIpc) is 2.73. The van der Waals surface area contributed by atoms with E-state index in [1.807, 2.05) is 19.9 Å². The van der Waals surface area contributed by atoms with E-state index in [2.05, 4.69) is 31.8 Å². The molecule has 2 fully saturated rings. The van der Waals surface area contributed by atoms with Crippen LogP contribution in [0.2, 0.25) is 0 Å². The Labute approximate surface area is 167 Å². The van der Waals surface area contributed by atoms with E-state index in [0.29, 0.717) is 5.39 Å². The van der Waals surface area contributed by atoms with Gasteiger partial charge in [-0.25, -0.2) is 4.98 Å². The lowest BCUT2D eigenvalue weighted by atomic mass is 10.1. The number of nitrogens with zero attached hydrogens (tertiary/aromatic N) is 5. The molecule has 0 N–H and O–H groups in total. The molecule has 0 saturated carbocycles. The van der Waals surface area contributed by atoms with E-state index in [9.17, 15) is 4.79 Å². The molecule has 0 bridgehead atoms. The van der Waals surface area contributed by atoms with Crippen LogP contribution in [-0.4, -0.2) is 71.7 Å². The van der Waals surface area contributed by atoms with Crippen LogP contribution in [0.3, 0.4) is 0 Å². The maximum atomic E-state index is 12.6. The molecule has 152 valence electrons. The summed E-state index contributed by atoms with van der Waals surface area (Å²) in [6.07, 6.45) is 5.82. The minimum absolute atomic E-state index is 0.0501. The molecule has 1 aromatic carbocycles. The second-order valence-electron chi connectivity index (χ2n) is 8.48. The third kappa shape index (κ3) is 4.23. The van der Waals surface area contributed by atoms with Crippen LogP contribution in [0.4, 0.5) is 5.69 Å². The van der Waals surface area contributed by atoms with E-state index in [0.717, 1.165) is 31.7 Å². The zero-order chi connectivity index (χ0) is 19.5. The Balaban J connectivity index is 1.37. The highest BCUT2D eigenvalue weighted by atomic mass is 16.1. The number of benzene rings is 1. The van der Waals surface area contributed by atoms with Crippen molar-refractivity contribution >= 4 is 16.6 Å². The zero-order valence-electron chi connectivity index (χ0n) is 17.3. The monoisotopic (exact) mass is 383 g/mol. The lowest BCUT2D eigenvalue weighted by molar-refractivity contribution is 0.177. The number of piperazine rings is 1. The number of hydrogen-bond donors (Lipinski definition) is 0. The second kappa shape index (κ2) is 8.62. The topological polar surface area (TPSA) is 44.6 Å². The van der Waals surface area contributed by atoms with Gasteiger partial charge in [0.25, 0.3) is 5.56 Å². The largest absolute Gasteiger partial charge is 0.369 e. The minimum Gasteiger partial charge on any atom is -0.369 e. The Bertz CT molecular complexity index is 848. The first-order chi connectivity index (χ1) is 13.6. The van der Waals surface area contributed by atoms with Crippen LogP contribution in [-0.2, 0) is 0 Å². The minimum atomic E-state index is 0.0501. The van der Waals surface area contributed by atoms with Crippen molar-refractivity contribution in [3.8, 4) is 0 Å². The van der Waals surface area contributed by atoms with Gasteiger partial charge in [-0.05, 0) is 58.0 Å². The van der Waals surface area contributed by atoms with Crippen molar-refractivity contribution in [2.24, 2.45) is 0 Å². The first-order valence-corrected chi connectivity index (χ1v) is 10.8. The van der Waals surface area contributed by atoms with Crippen LogP contribution < -0.4 is 10.5 Å². The average molecular weight is 384 g/mol. The molecule has 0 aliphatic carbocycles. The van der Waals surface area contributed by atoms with Gasteiger partial charge >= 0.3 is 0 Å². The summed E-state index contributed by atoms with van der Waals surface area (Å²) in [7, 11) is 0. The number of piperidine rings is 1. The van der Waals surface area contributed by atoms with Gasteiger partial charge in [-0.2, -0.15) is 0 Å². The first kappa shape index (κ1) is 19.4. The lowest BCUT2D eigenvalue weighted by Crippen LogP contribution is -2.48. The molecule has 4 rings (SSSR count). The van der Waals surface area contributed by atoms with Crippen molar-refractivity contribution in [1.82, 2.24) is 19.4 Å². The third-order valence-electron chi connectivity index (χ3n) is 6.24. The molecule has 1 aromatic heterocycles. The van der Waals surface area contributed by atoms with Crippen molar-refractivity contribution in [2.75, 3.05) is 57.3 Å². The van der Waals surface area contributed by atoms with Crippen molar-refractivity contribution in [3.05, 3.63) is 34.9 Å². The van der Waals surface area contributed by atoms with Gasteiger partial charge < -0.3 is 9.80 Å². The molecule has 2 aliphatic rings. The highest BCUT2D eigenvalue weighted by Crippen LogP contribution is 2.21. The maximum Gasteiger partial charge on any atom is 0.261 e. The summed E-state index contributed by atoms with van der Waals surface area (Å²) in [5.41, 5.74) is 2.03. The molecule has 0 atom stereocenters. The van der Waals surface area contributed by atoms with Gasteiger partial charge in [0.15, 0.2) is 0 Å². The number of hydrogen-bond acceptors (Lipinski definition) is 5. The van der Waals surface area contributed by atoms with E-state index < -0.39 is 0 Å². The van der Waals surface area contributed by atoms with Gasteiger partial charge in [0.05, 0.1) is 17.2 Å². The maximum absolute atomic E-state index is 12.6. The fraction of sp³-hybridized carbons (Fsp3) is 0.636. The van der Waals surface area contributed by atoms with Gasteiger partial charge in [0.2, 0.25) is 0 Å². The third-order valence-corrected chi connectivity index (χ3v) is 6.24. The standard InChI is InChI=1S/C22H33N5O/c1-18(2)27-17-23-21-16-19(6-7-20(21)22(27)28)26-14-12-25(13-15-26)11-10-24-8-4-3-5-9-24/h6-7,16-18H,3-5,8-15H2,1-2H3. The van der Waals surface area contributed by atoms with E-state index >= 15 is 0 Å². The Hall–Kier alpha value is -1.92. The number of fused-ring (bicyclic) bond motifs is 1. The van der Waals surface area contributed by atoms with Crippen molar-refractivity contribution in [3.63, 3.8) is 0 Å².